The summed E-state index contributed by atoms with van der Waals surface area (Å²) in [5.41, 5.74) is 6.69. The monoisotopic (exact) mass is 223 g/mol. The van der Waals surface area contributed by atoms with E-state index in [9.17, 15) is 4.39 Å². The maximum Gasteiger partial charge on any atom is 0.498 e. The van der Waals surface area contributed by atoms with Crippen LogP contribution in [0.5, 0.6) is 5.75 Å². The van der Waals surface area contributed by atoms with Gasteiger partial charge in [0.2, 0.25) is 0 Å². The molecule has 0 saturated heterocycles. The number of halogens is 1. The van der Waals surface area contributed by atoms with Crippen LogP contribution in [0.4, 0.5) is 4.39 Å². The van der Waals surface area contributed by atoms with Crippen LogP contribution in [0.2, 0.25) is 0 Å². The second-order valence-electron chi connectivity index (χ2n) is 3.78. The molecule has 2 heterocycles. The summed E-state index contributed by atoms with van der Waals surface area (Å²) in [6.07, 6.45) is -0.443. The van der Waals surface area contributed by atoms with Gasteiger partial charge < -0.3 is 19.8 Å². The Kier molecular flexibility index (Phi) is 2.35. The number of ether oxygens (including phenoxy) is 1. The van der Waals surface area contributed by atoms with Gasteiger partial charge in [-0.2, -0.15) is 0 Å². The van der Waals surface area contributed by atoms with E-state index in [1.54, 1.807) is 6.07 Å². The van der Waals surface area contributed by atoms with Crippen molar-refractivity contribution in [1.29, 1.82) is 0 Å². The molecule has 6 heteroatoms. The molecule has 0 aliphatic carbocycles. The zero-order valence-electron chi connectivity index (χ0n) is 8.61. The molecule has 0 radical (unpaired) electrons. The van der Waals surface area contributed by atoms with Gasteiger partial charge in [-0.25, -0.2) is 4.39 Å². The van der Waals surface area contributed by atoms with E-state index in [4.69, 9.17) is 19.8 Å². The molecule has 0 saturated carbocycles. The van der Waals surface area contributed by atoms with Gasteiger partial charge >= 0.3 is 7.12 Å². The van der Waals surface area contributed by atoms with Crippen LogP contribution < -0.4 is 15.9 Å². The Balaban J connectivity index is 2.17. The molecular formula is C10H11BFNO3. The predicted octanol–water partition coefficient (Wildman–Crippen LogP) is -0.0401. The van der Waals surface area contributed by atoms with E-state index < -0.39 is 13.2 Å². The largest absolute Gasteiger partial charge is 0.498 e. The van der Waals surface area contributed by atoms with E-state index in [2.05, 4.69) is 0 Å². The second-order valence-corrected chi connectivity index (χ2v) is 3.78. The van der Waals surface area contributed by atoms with Gasteiger partial charge in [0, 0.05) is 17.6 Å². The molecule has 4 nitrogen and oxygen atoms in total. The highest BCUT2D eigenvalue weighted by Gasteiger charge is 2.42. The van der Waals surface area contributed by atoms with E-state index in [1.807, 2.05) is 0 Å². The topological polar surface area (TPSA) is 53.7 Å². The summed E-state index contributed by atoms with van der Waals surface area (Å²) < 4.78 is 30.2. The highest BCUT2D eigenvalue weighted by atomic mass is 19.1. The molecule has 1 aromatic rings. The molecule has 0 aromatic heterocycles. The van der Waals surface area contributed by atoms with Gasteiger partial charge in [0.1, 0.15) is 18.2 Å². The van der Waals surface area contributed by atoms with Crippen molar-refractivity contribution >= 4 is 12.6 Å². The minimum absolute atomic E-state index is 0.229. The van der Waals surface area contributed by atoms with Crippen molar-refractivity contribution < 1.29 is 18.4 Å². The van der Waals surface area contributed by atoms with E-state index >= 15 is 0 Å². The first-order chi connectivity index (χ1) is 7.81. The van der Waals surface area contributed by atoms with Crippen LogP contribution in [0.3, 0.4) is 0 Å². The summed E-state index contributed by atoms with van der Waals surface area (Å²) in [5, 5.41) is 0. The third-order valence-corrected chi connectivity index (χ3v) is 2.86. The summed E-state index contributed by atoms with van der Waals surface area (Å²) >= 11 is 0. The van der Waals surface area contributed by atoms with Crippen molar-refractivity contribution in [1.82, 2.24) is 0 Å². The molecule has 2 N–H and O–H groups in total. The number of hydrogen-bond donors (Lipinski definition) is 1. The second kappa shape index (κ2) is 3.73. The van der Waals surface area contributed by atoms with Crippen LogP contribution in [0.25, 0.3) is 0 Å². The van der Waals surface area contributed by atoms with Crippen molar-refractivity contribution in [3.05, 3.63) is 23.5 Å². The lowest BCUT2D eigenvalue weighted by Crippen LogP contribution is -2.31. The zero-order chi connectivity index (χ0) is 11.1. The van der Waals surface area contributed by atoms with E-state index in [1.165, 1.54) is 6.07 Å². The van der Waals surface area contributed by atoms with Gasteiger partial charge in [-0.3, -0.25) is 0 Å². The predicted molar refractivity (Wildman–Crippen MR) is 56.1 cm³/mol. The van der Waals surface area contributed by atoms with Gasteiger partial charge in [-0.1, -0.05) is 0 Å². The molecule has 2 aliphatic rings. The number of benzene rings is 1. The number of rotatable bonds is 1. The molecule has 0 bridgehead atoms. The Morgan fingerprint density at radius 1 is 1.44 bits per heavy atom. The van der Waals surface area contributed by atoms with Crippen LogP contribution >= 0.6 is 0 Å². The van der Waals surface area contributed by atoms with Crippen molar-refractivity contribution in [2.75, 3.05) is 19.8 Å². The van der Waals surface area contributed by atoms with E-state index in [-0.39, 0.29) is 12.4 Å². The summed E-state index contributed by atoms with van der Waals surface area (Å²) in [4.78, 5) is 0. The van der Waals surface area contributed by atoms with E-state index in [0.29, 0.717) is 30.0 Å². The van der Waals surface area contributed by atoms with Crippen LogP contribution in [-0.2, 0) is 9.31 Å². The third-order valence-electron chi connectivity index (χ3n) is 2.86. The molecule has 84 valence electrons. The lowest BCUT2D eigenvalue weighted by atomic mass is 9.77. The number of hydrogen-bond acceptors (Lipinski definition) is 4. The molecule has 0 fully saturated rings. The summed E-state index contributed by atoms with van der Waals surface area (Å²) in [7, 11) is -0.545. The fourth-order valence-electron chi connectivity index (χ4n) is 2.17. The van der Waals surface area contributed by atoms with Gasteiger partial charge in [0.15, 0.2) is 0 Å². The molecule has 1 atom stereocenters. The van der Waals surface area contributed by atoms with Gasteiger partial charge in [-0.15, -0.1) is 0 Å². The van der Waals surface area contributed by atoms with Crippen LogP contribution in [0.15, 0.2) is 12.1 Å². The highest BCUT2D eigenvalue weighted by molar-refractivity contribution is 6.64. The first-order valence-electron chi connectivity index (χ1n) is 5.23. The standard InChI is InChI=1S/C10H11BFNO3/c12-6-1-2-7-10-9(6)8(5-13)16-11(10)15-4-3-14-7/h1-2,8H,3-5,13H2/t8-/m1/s1. The van der Waals surface area contributed by atoms with Gasteiger partial charge in [0.25, 0.3) is 0 Å². The SMILES string of the molecule is NC[C@H]1OB2OCCOc3ccc(F)c1c32. The van der Waals surface area contributed by atoms with Crippen LogP contribution in [0, 0.1) is 5.82 Å². The highest BCUT2D eigenvalue weighted by Crippen LogP contribution is 2.31. The Morgan fingerprint density at radius 3 is 3.12 bits per heavy atom. The van der Waals surface area contributed by atoms with Crippen molar-refractivity contribution in [3.8, 4) is 5.75 Å². The summed E-state index contributed by atoms with van der Waals surface area (Å²) in [5.74, 6) is 0.320. The van der Waals surface area contributed by atoms with E-state index in [0.717, 1.165) is 0 Å². The molecular weight excluding hydrogens is 212 g/mol. The molecule has 0 amide bonds. The Labute approximate surface area is 92.6 Å². The molecule has 16 heavy (non-hydrogen) atoms. The lowest BCUT2D eigenvalue weighted by Gasteiger charge is -2.12. The maximum absolute atomic E-state index is 13.7. The quantitative estimate of drug-likeness (QED) is 0.678. The Hall–Kier alpha value is -1.11. The average molecular weight is 223 g/mol. The molecule has 0 spiro atoms. The lowest BCUT2D eigenvalue weighted by molar-refractivity contribution is 0.146. The summed E-state index contributed by atoms with van der Waals surface area (Å²) in [6, 6.07) is 2.99. The third kappa shape index (κ3) is 1.34. The van der Waals surface area contributed by atoms with Gasteiger partial charge in [-0.05, 0) is 12.1 Å². The summed E-state index contributed by atoms with van der Waals surface area (Å²) in [6.45, 7) is 1.11. The molecule has 3 rings (SSSR count). The number of nitrogens with two attached hydrogens (primary N) is 1. The van der Waals surface area contributed by atoms with Gasteiger partial charge in [0.05, 0.1) is 12.7 Å². The Bertz CT molecular complexity index is 429. The first-order valence-corrected chi connectivity index (χ1v) is 5.23. The zero-order valence-corrected chi connectivity index (χ0v) is 8.61. The molecule has 2 aliphatic heterocycles. The van der Waals surface area contributed by atoms with Crippen molar-refractivity contribution in [2.24, 2.45) is 5.73 Å². The minimum atomic E-state index is -0.545. The first kappa shape index (κ1) is 10.1. The molecule has 0 unspecified atom stereocenters. The smallest absolute Gasteiger partial charge is 0.492 e. The average Bonchev–Trinajstić information content (AvgIpc) is 2.55. The minimum Gasteiger partial charge on any atom is -0.492 e. The Morgan fingerprint density at radius 2 is 2.31 bits per heavy atom. The molecule has 1 aromatic carbocycles. The normalized spacial score (nSPS) is 22.6. The fraction of sp³-hybridized carbons (Fsp3) is 0.400. The van der Waals surface area contributed by atoms with Crippen molar-refractivity contribution in [2.45, 2.75) is 6.10 Å². The van der Waals surface area contributed by atoms with Crippen LogP contribution in [-0.4, -0.2) is 26.9 Å². The van der Waals surface area contributed by atoms with Crippen LogP contribution in [0.1, 0.15) is 11.7 Å². The maximum atomic E-state index is 13.7. The fourth-order valence-corrected chi connectivity index (χ4v) is 2.17. The van der Waals surface area contributed by atoms with Crippen molar-refractivity contribution in [3.63, 3.8) is 0 Å².